The fourth-order valence-electron chi connectivity index (χ4n) is 5.35. The summed E-state index contributed by atoms with van der Waals surface area (Å²) in [5.41, 5.74) is 0.974. The van der Waals surface area contributed by atoms with Crippen LogP contribution in [-0.4, -0.2) is 85.4 Å². The van der Waals surface area contributed by atoms with Crippen molar-refractivity contribution in [1.29, 1.82) is 0 Å². The number of alkyl halides is 2. The van der Waals surface area contributed by atoms with Gasteiger partial charge in [-0.25, -0.2) is 9.50 Å². The largest absolute Gasteiger partial charge is 0.434 e. The Morgan fingerprint density at radius 1 is 1.27 bits per heavy atom. The van der Waals surface area contributed by atoms with Crippen molar-refractivity contribution < 1.29 is 27.8 Å². The molecular weight excluding hydrogens is 594 g/mol. The zero-order chi connectivity index (χ0) is 30.8. The molecule has 232 valence electrons. The summed E-state index contributed by atoms with van der Waals surface area (Å²) < 4.78 is 40.0. The van der Waals surface area contributed by atoms with Crippen molar-refractivity contribution in [2.45, 2.75) is 56.0 Å². The van der Waals surface area contributed by atoms with Gasteiger partial charge in [0.2, 0.25) is 5.91 Å². The lowest BCUT2D eigenvalue weighted by Gasteiger charge is -2.33. The van der Waals surface area contributed by atoms with Gasteiger partial charge in [0.05, 0.1) is 18.5 Å². The summed E-state index contributed by atoms with van der Waals surface area (Å²) in [7, 11) is 0. The Labute approximate surface area is 256 Å². The van der Waals surface area contributed by atoms with Gasteiger partial charge in [-0.05, 0) is 49.8 Å². The van der Waals surface area contributed by atoms with Crippen LogP contribution >= 0.6 is 11.8 Å². The van der Waals surface area contributed by atoms with Crippen LogP contribution < -0.4 is 15.4 Å². The number of thioether (sulfide) groups is 1. The average Bonchev–Trinajstić information content (AvgIpc) is 3.48. The molecule has 0 spiro atoms. The van der Waals surface area contributed by atoms with Gasteiger partial charge in [0.1, 0.15) is 29.3 Å². The van der Waals surface area contributed by atoms with Crippen molar-refractivity contribution in [2.75, 3.05) is 31.3 Å². The number of hydrogen-bond acceptors (Lipinski definition) is 9. The van der Waals surface area contributed by atoms with E-state index in [1.807, 2.05) is 6.26 Å². The molecular formula is C29H32F2N8O4S. The third kappa shape index (κ3) is 6.39. The van der Waals surface area contributed by atoms with Gasteiger partial charge in [0.15, 0.2) is 5.65 Å². The van der Waals surface area contributed by atoms with Gasteiger partial charge in [-0.3, -0.25) is 19.6 Å². The number of ether oxygens (including phenoxy) is 2. The highest BCUT2D eigenvalue weighted by molar-refractivity contribution is 7.98. The van der Waals surface area contributed by atoms with E-state index < -0.39 is 12.5 Å². The van der Waals surface area contributed by atoms with Crippen LogP contribution in [0, 0.1) is 0 Å². The molecule has 0 aliphatic carbocycles. The maximum Gasteiger partial charge on any atom is 0.387 e. The number of nitrogens with one attached hydrogen (secondary N) is 2. The van der Waals surface area contributed by atoms with Gasteiger partial charge in [-0.2, -0.15) is 19.0 Å². The zero-order valence-corrected chi connectivity index (χ0v) is 25.0. The monoisotopic (exact) mass is 626 g/mol. The summed E-state index contributed by atoms with van der Waals surface area (Å²) in [6.07, 6.45) is 10.5. The molecule has 2 aliphatic rings. The fourth-order valence-corrected chi connectivity index (χ4v) is 5.79. The molecule has 0 bridgehead atoms. The lowest BCUT2D eigenvalue weighted by molar-refractivity contribution is -0.133. The van der Waals surface area contributed by atoms with Crippen molar-refractivity contribution in [1.82, 2.24) is 34.6 Å². The van der Waals surface area contributed by atoms with Crippen molar-refractivity contribution in [3.05, 3.63) is 54.6 Å². The first-order chi connectivity index (χ1) is 21.3. The highest BCUT2D eigenvalue weighted by Crippen LogP contribution is 2.38. The lowest BCUT2D eigenvalue weighted by atomic mass is 10.0. The minimum absolute atomic E-state index is 0.103. The molecule has 12 nitrogen and oxygen atoms in total. The van der Waals surface area contributed by atoms with Crippen molar-refractivity contribution in [2.24, 2.45) is 0 Å². The summed E-state index contributed by atoms with van der Waals surface area (Å²) in [5.74, 6) is -0.777. The van der Waals surface area contributed by atoms with Crippen molar-refractivity contribution >= 4 is 34.9 Å². The fraction of sp³-hybridized carbons (Fsp3) is 0.414. The summed E-state index contributed by atoms with van der Waals surface area (Å²) in [5, 5.41) is 15.1. The molecule has 1 unspecified atom stereocenters. The lowest BCUT2D eigenvalue weighted by Crippen LogP contribution is -2.49. The van der Waals surface area contributed by atoms with Crippen LogP contribution in [0.1, 0.15) is 36.5 Å². The number of epoxide rings is 1. The van der Waals surface area contributed by atoms with E-state index in [0.29, 0.717) is 25.3 Å². The Morgan fingerprint density at radius 3 is 2.77 bits per heavy atom. The Kier molecular flexibility index (Phi) is 8.51. The smallest absolute Gasteiger partial charge is 0.387 e. The molecule has 4 aromatic rings. The average molecular weight is 627 g/mol. The number of rotatable bonds is 11. The predicted octanol–water partition coefficient (Wildman–Crippen LogP) is 3.89. The number of likely N-dealkylation sites (tertiary alicyclic amines) is 1. The second kappa shape index (κ2) is 12.5. The van der Waals surface area contributed by atoms with Gasteiger partial charge in [-0.15, -0.1) is 11.8 Å². The first-order valence-corrected chi connectivity index (χ1v) is 15.5. The van der Waals surface area contributed by atoms with Crippen LogP contribution in [0.4, 0.5) is 14.5 Å². The number of carbonyl (C=O) groups is 2. The highest BCUT2D eigenvalue weighted by Gasteiger charge is 2.44. The molecule has 2 amide bonds. The number of nitrogens with zero attached hydrogens (tertiary/aromatic N) is 6. The van der Waals surface area contributed by atoms with Gasteiger partial charge in [0, 0.05) is 48.2 Å². The molecule has 2 fully saturated rings. The van der Waals surface area contributed by atoms with E-state index in [2.05, 4.69) is 32.7 Å². The van der Waals surface area contributed by atoms with Gasteiger partial charge in [0.25, 0.3) is 5.91 Å². The SMILES string of the molecule is CCC1(NC2CCN(C(=O)Cn3cc(NC(=O)c4cnn5cccnc45)c(-c4cc(SC)ccc4OC(F)F)n3)CC2)CO1. The maximum atomic E-state index is 13.4. The first kappa shape index (κ1) is 30.0. The Morgan fingerprint density at radius 2 is 2.07 bits per heavy atom. The van der Waals surface area contributed by atoms with E-state index in [4.69, 9.17) is 9.47 Å². The van der Waals surface area contributed by atoms with E-state index in [9.17, 15) is 18.4 Å². The Hall–Kier alpha value is -4.08. The standard InChI is InChI=1S/C29H32F2N8O4S/c1-3-29(17-42-29)35-18-7-11-37(12-8-18)24(40)16-38-15-22(34-27(41)21-14-33-39-10-4-9-32-26(21)39)25(36-38)20-13-19(44-2)5-6-23(20)43-28(30)31/h4-6,9-10,13-15,18,28,35H,3,7-8,11-12,16-17H2,1-2H3,(H,34,41). The van der Waals surface area contributed by atoms with Crippen molar-refractivity contribution in [3.8, 4) is 17.0 Å². The number of carbonyl (C=O) groups excluding carboxylic acids is 2. The number of hydrogen-bond donors (Lipinski definition) is 2. The second-order valence-electron chi connectivity index (χ2n) is 10.7. The highest BCUT2D eigenvalue weighted by atomic mass is 32.2. The van der Waals surface area contributed by atoms with Crippen LogP contribution in [0.5, 0.6) is 5.75 Å². The molecule has 44 heavy (non-hydrogen) atoms. The summed E-state index contributed by atoms with van der Waals surface area (Å²) in [6.45, 7) is 0.782. The quantitative estimate of drug-likeness (QED) is 0.188. The van der Waals surface area contributed by atoms with Crippen LogP contribution in [0.25, 0.3) is 16.9 Å². The first-order valence-electron chi connectivity index (χ1n) is 14.3. The Bertz CT molecular complexity index is 1670. The predicted molar refractivity (Wildman–Crippen MR) is 159 cm³/mol. The topological polar surface area (TPSA) is 131 Å². The number of amides is 2. The maximum absolute atomic E-state index is 13.4. The normalized spacial score (nSPS) is 18.6. The number of piperidine rings is 1. The molecule has 3 aromatic heterocycles. The molecule has 1 aromatic carbocycles. The third-order valence-corrected chi connectivity index (χ3v) is 8.59. The van der Waals surface area contributed by atoms with E-state index in [-0.39, 0.29) is 52.5 Å². The summed E-state index contributed by atoms with van der Waals surface area (Å²) in [4.78, 5) is 33.5. The third-order valence-electron chi connectivity index (χ3n) is 7.87. The molecule has 1 atom stereocenters. The molecule has 2 aliphatic heterocycles. The molecule has 6 rings (SSSR count). The van der Waals surface area contributed by atoms with E-state index in [1.54, 1.807) is 35.5 Å². The van der Waals surface area contributed by atoms with Gasteiger partial charge in [-0.1, -0.05) is 6.92 Å². The molecule has 5 heterocycles. The molecule has 15 heteroatoms. The van der Waals surface area contributed by atoms with Crippen LogP contribution in [0.15, 0.2) is 53.9 Å². The number of anilines is 1. The van der Waals surface area contributed by atoms with Crippen LogP contribution in [-0.2, 0) is 16.1 Å². The summed E-state index contributed by atoms with van der Waals surface area (Å²) in [6, 6.07) is 6.71. The number of halogens is 2. The minimum atomic E-state index is -3.07. The van der Waals surface area contributed by atoms with E-state index >= 15 is 0 Å². The van der Waals surface area contributed by atoms with Crippen LogP contribution in [0.3, 0.4) is 0 Å². The molecule has 2 saturated heterocycles. The number of benzene rings is 1. The number of fused-ring (bicyclic) bond motifs is 1. The minimum Gasteiger partial charge on any atom is -0.434 e. The number of aromatic nitrogens is 5. The molecule has 2 N–H and O–H groups in total. The van der Waals surface area contributed by atoms with Crippen LogP contribution in [0.2, 0.25) is 0 Å². The Balaban J connectivity index is 1.26. The molecule has 0 radical (unpaired) electrons. The van der Waals surface area contributed by atoms with E-state index in [1.165, 1.54) is 39.4 Å². The zero-order valence-electron chi connectivity index (χ0n) is 24.2. The van der Waals surface area contributed by atoms with Gasteiger partial charge >= 0.3 is 6.61 Å². The molecule has 0 saturated carbocycles. The van der Waals surface area contributed by atoms with Crippen molar-refractivity contribution in [3.63, 3.8) is 0 Å². The summed E-state index contributed by atoms with van der Waals surface area (Å²) >= 11 is 1.41. The van der Waals surface area contributed by atoms with E-state index in [0.717, 1.165) is 24.2 Å². The second-order valence-corrected chi connectivity index (χ2v) is 11.5. The van der Waals surface area contributed by atoms with Gasteiger partial charge < -0.3 is 19.7 Å².